The van der Waals surface area contributed by atoms with Crippen LogP contribution in [-0.2, 0) is 6.42 Å². The Morgan fingerprint density at radius 2 is 1.76 bits per heavy atom. The summed E-state index contributed by atoms with van der Waals surface area (Å²) in [5.41, 5.74) is 7.58. The molecule has 0 radical (unpaired) electrons. The summed E-state index contributed by atoms with van der Waals surface area (Å²) in [5, 5.41) is 9.54. The predicted molar refractivity (Wildman–Crippen MR) is 144 cm³/mol. The van der Waals surface area contributed by atoms with Crippen molar-refractivity contribution in [1.82, 2.24) is 4.90 Å². The highest BCUT2D eigenvalue weighted by Crippen LogP contribution is 2.42. The Bertz CT molecular complexity index is 1360. The fourth-order valence-electron chi connectivity index (χ4n) is 5.85. The van der Waals surface area contributed by atoms with E-state index >= 15 is 4.39 Å². The Kier molecular flexibility index (Phi) is 7.70. The van der Waals surface area contributed by atoms with E-state index in [0.29, 0.717) is 31.6 Å². The highest BCUT2D eigenvalue weighted by atomic mass is 19.1. The summed E-state index contributed by atoms with van der Waals surface area (Å²) in [7, 11) is 0. The lowest BCUT2D eigenvalue weighted by Crippen LogP contribution is -2.48. The molecule has 5 rings (SSSR count). The van der Waals surface area contributed by atoms with Gasteiger partial charge in [-0.25, -0.2) is 13.6 Å². The number of aryl methyl sites for hydroxylation is 2. The Labute approximate surface area is 221 Å². The SMILES string of the molecule is Cc1cc(F)ccc1C1=C(c2ccc(C(F)C3CN(CCCF)C3)cc2)c2ccc(C(=O)O)cc2CCC1. The van der Waals surface area contributed by atoms with Crippen molar-refractivity contribution < 1.29 is 23.1 Å². The molecule has 198 valence electrons. The van der Waals surface area contributed by atoms with Crippen molar-refractivity contribution in [3.05, 3.63) is 105 Å². The van der Waals surface area contributed by atoms with Crippen molar-refractivity contribution in [2.24, 2.45) is 5.92 Å². The van der Waals surface area contributed by atoms with E-state index < -0.39 is 12.1 Å². The first-order valence-corrected chi connectivity index (χ1v) is 13.2. The number of hydrogen-bond acceptors (Lipinski definition) is 2. The Morgan fingerprint density at radius 3 is 2.45 bits per heavy atom. The quantitative estimate of drug-likeness (QED) is 0.336. The van der Waals surface area contributed by atoms with Crippen LogP contribution in [0.1, 0.15) is 69.2 Å². The van der Waals surface area contributed by atoms with Gasteiger partial charge in [0.1, 0.15) is 12.0 Å². The minimum Gasteiger partial charge on any atom is -0.478 e. The summed E-state index contributed by atoms with van der Waals surface area (Å²) < 4.78 is 41.7. The zero-order valence-corrected chi connectivity index (χ0v) is 21.5. The topological polar surface area (TPSA) is 40.5 Å². The maximum absolute atomic E-state index is 15.3. The maximum atomic E-state index is 15.3. The van der Waals surface area contributed by atoms with E-state index in [4.69, 9.17) is 0 Å². The minimum absolute atomic E-state index is 0.0925. The van der Waals surface area contributed by atoms with E-state index in [0.717, 1.165) is 58.2 Å². The number of rotatable bonds is 8. The highest BCUT2D eigenvalue weighted by molar-refractivity contribution is 6.01. The first-order valence-electron chi connectivity index (χ1n) is 13.2. The van der Waals surface area contributed by atoms with Crippen molar-refractivity contribution in [3.8, 4) is 0 Å². The number of carboxylic acids is 1. The van der Waals surface area contributed by atoms with E-state index in [1.54, 1.807) is 12.1 Å². The van der Waals surface area contributed by atoms with Crippen LogP contribution in [0.2, 0.25) is 0 Å². The lowest BCUT2D eigenvalue weighted by Gasteiger charge is -2.41. The Balaban J connectivity index is 1.53. The Hall–Kier alpha value is -3.38. The maximum Gasteiger partial charge on any atom is 0.335 e. The van der Waals surface area contributed by atoms with Crippen molar-refractivity contribution >= 4 is 17.1 Å². The molecule has 38 heavy (non-hydrogen) atoms. The third-order valence-corrected chi connectivity index (χ3v) is 7.83. The molecule has 1 saturated heterocycles. The van der Waals surface area contributed by atoms with Crippen LogP contribution in [0.4, 0.5) is 13.2 Å². The van der Waals surface area contributed by atoms with Crippen molar-refractivity contribution in [2.75, 3.05) is 26.3 Å². The molecule has 3 nitrogen and oxygen atoms in total. The van der Waals surface area contributed by atoms with Gasteiger partial charge in [-0.1, -0.05) is 36.4 Å². The molecule has 1 aliphatic carbocycles. The summed E-state index contributed by atoms with van der Waals surface area (Å²) in [6.07, 6.45) is 1.71. The Morgan fingerprint density at radius 1 is 1.03 bits per heavy atom. The highest BCUT2D eigenvalue weighted by Gasteiger charge is 2.34. The average Bonchev–Trinajstić information content (AvgIpc) is 3.07. The number of likely N-dealkylation sites (tertiary alicyclic amines) is 1. The summed E-state index contributed by atoms with van der Waals surface area (Å²) in [4.78, 5) is 13.7. The molecule has 1 atom stereocenters. The average molecular weight is 520 g/mol. The molecule has 2 aliphatic rings. The van der Waals surface area contributed by atoms with Gasteiger partial charge in [0.05, 0.1) is 12.2 Å². The van der Waals surface area contributed by atoms with Crippen LogP contribution in [0.5, 0.6) is 0 Å². The lowest BCUT2D eigenvalue weighted by molar-refractivity contribution is 0.0364. The van der Waals surface area contributed by atoms with Gasteiger partial charge in [-0.15, -0.1) is 0 Å². The summed E-state index contributed by atoms with van der Waals surface area (Å²) >= 11 is 0. The van der Waals surface area contributed by atoms with Crippen LogP contribution in [0.15, 0.2) is 60.7 Å². The van der Waals surface area contributed by atoms with E-state index in [-0.39, 0.29) is 24.0 Å². The number of carboxylic acid groups (broad SMARTS) is 1. The van der Waals surface area contributed by atoms with E-state index in [1.165, 1.54) is 12.1 Å². The predicted octanol–water partition coefficient (Wildman–Crippen LogP) is 7.43. The zero-order chi connectivity index (χ0) is 26.8. The normalized spacial score (nSPS) is 17.1. The molecule has 0 amide bonds. The molecule has 1 unspecified atom stereocenters. The van der Waals surface area contributed by atoms with E-state index in [2.05, 4.69) is 4.90 Å². The summed E-state index contributed by atoms with van der Waals surface area (Å²) in [6.45, 7) is 3.50. The third kappa shape index (κ3) is 5.28. The molecular weight excluding hydrogens is 487 g/mol. The van der Waals surface area contributed by atoms with Gasteiger partial charge in [-0.3, -0.25) is 4.39 Å². The van der Waals surface area contributed by atoms with Gasteiger partial charge in [0, 0.05) is 25.6 Å². The van der Waals surface area contributed by atoms with Crippen LogP contribution >= 0.6 is 0 Å². The molecule has 3 aromatic carbocycles. The van der Waals surface area contributed by atoms with Crippen LogP contribution in [0.25, 0.3) is 11.1 Å². The fraction of sp³-hybridized carbons (Fsp3) is 0.344. The van der Waals surface area contributed by atoms with Gasteiger partial charge >= 0.3 is 5.97 Å². The molecule has 1 aliphatic heterocycles. The summed E-state index contributed by atoms with van der Waals surface area (Å²) in [5.74, 6) is -1.34. The van der Waals surface area contributed by atoms with Gasteiger partial charge in [-0.05, 0) is 101 Å². The second kappa shape index (κ2) is 11.2. The number of alkyl halides is 2. The molecule has 0 aromatic heterocycles. The molecule has 0 bridgehead atoms. The number of nitrogens with zero attached hydrogens (tertiary/aromatic N) is 1. The van der Waals surface area contributed by atoms with Crippen molar-refractivity contribution in [3.63, 3.8) is 0 Å². The standard InChI is InChI=1S/C32H32F3NO2/c1-20-16-26(34)11-13-27(20)29-5-2-4-23-17-24(32(37)38)10-12-28(23)30(29)21-6-8-22(9-7-21)31(35)25-18-36(19-25)15-3-14-33/h6-13,16-17,25,31H,2-5,14-15,18-19H2,1H3,(H,37,38). The van der Waals surface area contributed by atoms with Gasteiger partial charge < -0.3 is 10.0 Å². The number of allylic oxidation sites excluding steroid dienone is 1. The number of benzene rings is 3. The van der Waals surface area contributed by atoms with Gasteiger partial charge in [0.2, 0.25) is 0 Å². The van der Waals surface area contributed by atoms with Crippen molar-refractivity contribution in [2.45, 2.75) is 38.8 Å². The second-order valence-electron chi connectivity index (χ2n) is 10.4. The first kappa shape index (κ1) is 26.2. The molecule has 3 aromatic rings. The molecule has 0 saturated carbocycles. The smallest absolute Gasteiger partial charge is 0.335 e. The largest absolute Gasteiger partial charge is 0.478 e. The van der Waals surface area contributed by atoms with Crippen LogP contribution in [0.3, 0.4) is 0 Å². The molecule has 1 fully saturated rings. The third-order valence-electron chi connectivity index (χ3n) is 7.83. The number of hydrogen-bond donors (Lipinski definition) is 1. The second-order valence-corrected chi connectivity index (χ2v) is 10.4. The van der Waals surface area contributed by atoms with Gasteiger partial charge in [-0.2, -0.15) is 0 Å². The van der Waals surface area contributed by atoms with Crippen LogP contribution < -0.4 is 0 Å². The zero-order valence-electron chi connectivity index (χ0n) is 21.5. The molecule has 6 heteroatoms. The van der Waals surface area contributed by atoms with E-state index in [9.17, 15) is 18.7 Å². The van der Waals surface area contributed by atoms with E-state index in [1.807, 2.05) is 43.3 Å². The van der Waals surface area contributed by atoms with Crippen LogP contribution in [0, 0.1) is 18.7 Å². The lowest BCUT2D eigenvalue weighted by atomic mass is 9.85. The molecular formula is C32H32F3NO2. The molecule has 0 spiro atoms. The number of halogens is 3. The fourth-order valence-corrected chi connectivity index (χ4v) is 5.85. The molecule has 1 N–H and O–H groups in total. The van der Waals surface area contributed by atoms with Crippen molar-refractivity contribution in [1.29, 1.82) is 0 Å². The number of carbonyl (C=O) groups is 1. The molecule has 1 heterocycles. The first-order chi connectivity index (χ1) is 18.4. The monoisotopic (exact) mass is 519 g/mol. The minimum atomic E-state index is -1.09. The van der Waals surface area contributed by atoms with Gasteiger partial charge in [0.15, 0.2) is 0 Å². The number of aromatic carboxylic acids is 1. The number of fused-ring (bicyclic) bond motifs is 1. The van der Waals surface area contributed by atoms with Gasteiger partial charge in [0.25, 0.3) is 0 Å². The van der Waals surface area contributed by atoms with Crippen LogP contribution in [-0.4, -0.2) is 42.3 Å². The summed E-state index contributed by atoms with van der Waals surface area (Å²) in [6, 6.07) is 17.6.